The van der Waals surface area contributed by atoms with E-state index in [2.05, 4.69) is 73.5 Å². The van der Waals surface area contributed by atoms with Gasteiger partial charge in [0.05, 0.1) is 0 Å². The fraction of sp³-hybridized carbons (Fsp3) is 0.368. The maximum Gasteiger partial charge on any atom is 0.0430 e. The number of aryl methyl sites for hydroxylation is 2. The number of nitrogens with one attached hydrogen (secondary N) is 1. The van der Waals surface area contributed by atoms with Crippen LogP contribution in [-0.2, 0) is 13.1 Å². The number of fused-ring (bicyclic) bond motifs is 1. The van der Waals surface area contributed by atoms with Gasteiger partial charge in [0.15, 0.2) is 0 Å². The summed E-state index contributed by atoms with van der Waals surface area (Å²) in [5, 5.41) is 3.61. The monoisotopic (exact) mass is 280 g/mol. The zero-order valence-electron chi connectivity index (χ0n) is 13.2. The Morgan fingerprint density at radius 1 is 1.05 bits per heavy atom. The molecule has 2 heteroatoms. The van der Waals surface area contributed by atoms with Gasteiger partial charge in [-0.15, -0.1) is 0 Å². The predicted octanol–water partition coefficient (Wildman–Crippen LogP) is 3.80. The average Bonchev–Trinajstić information content (AvgIpc) is 2.61. The first kappa shape index (κ1) is 14.2. The Kier molecular flexibility index (Phi) is 3.98. The summed E-state index contributed by atoms with van der Waals surface area (Å²) in [7, 11) is 0. The van der Waals surface area contributed by atoms with E-state index in [1.807, 2.05) is 0 Å². The Hall–Kier alpha value is -1.80. The Labute approximate surface area is 127 Å². The summed E-state index contributed by atoms with van der Waals surface area (Å²) in [6.45, 7) is 9.55. The van der Waals surface area contributed by atoms with Gasteiger partial charge in [-0.1, -0.05) is 47.5 Å². The fourth-order valence-corrected chi connectivity index (χ4v) is 3.01. The highest BCUT2D eigenvalue weighted by Crippen LogP contribution is 2.26. The van der Waals surface area contributed by atoms with Crippen LogP contribution in [0.15, 0.2) is 42.5 Å². The van der Waals surface area contributed by atoms with E-state index in [4.69, 9.17) is 0 Å². The first-order valence-corrected chi connectivity index (χ1v) is 7.75. The van der Waals surface area contributed by atoms with Gasteiger partial charge in [0.2, 0.25) is 0 Å². The minimum absolute atomic E-state index is 0.503. The van der Waals surface area contributed by atoms with Crippen molar-refractivity contribution in [3.8, 4) is 0 Å². The second kappa shape index (κ2) is 5.90. The van der Waals surface area contributed by atoms with E-state index in [1.54, 1.807) is 0 Å². The lowest BCUT2D eigenvalue weighted by molar-refractivity contribution is 0.552. The number of nitrogens with zero attached hydrogens (tertiary/aromatic N) is 1. The topological polar surface area (TPSA) is 15.3 Å². The van der Waals surface area contributed by atoms with Gasteiger partial charge in [0.1, 0.15) is 0 Å². The first-order chi connectivity index (χ1) is 10.1. The predicted molar refractivity (Wildman–Crippen MR) is 89.7 cm³/mol. The van der Waals surface area contributed by atoms with Crippen molar-refractivity contribution in [3.63, 3.8) is 0 Å². The largest absolute Gasteiger partial charge is 0.365 e. The average molecular weight is 280 g/mol. The highest BCUT2D eigenvalue weighted by molar-refractivity contribution is 5.56. The van der Waals surface area contributed by atoms with Gasteiger partial charge in [0.25, 0.3) is 0 Å². The minimum atomic E-state index is 0.503. The minimum Gasteiger partial charge on any atom is -0.365 e. The van der Waals surface area contributed by atoms with Crippen molar-refractivity contribution in [1.82, 2.24) is 5.32 Å². The van der Waals surface area contributed by atoms with E-state index in [1.165, 1.54) is 27.9 Å². The van der Waals surface area contributed by atoms with Crippen molar-refractivity contribution in [2.75, 3.05) is 11.4 Å². The molecule has 1 unspecified atom stereocenters. The lowest BCUT2D eigenvalue weighted by Gasteiger charge is -2.27. The third-order valence-corrected chi connectivity index (χ3v) is 4.20. The molecule has 0 saturated heterocycles. The van der Waals surface area contributed by atoms with Crippen LogP contribution in [0.4, 0.5) is 5.69 Å². The van der Waals surface area contributed by atoms with E-state index in [9.17, 15) is 0 Å². The Bertz CT molecular complexity index is 616. The molecular formula is C19H24N2. The second-order valence-corrected chi connectivity index (χ2v) is 6.28. The maximum atomic E-state index is 3.61. The van der Waals surface area contributed by atoms with Crippen LogP contribution in [0.3, 0.4) is 0 Å². The molecule has 0 radical (unpaired) electrons. The molecule has 1 aliphatic rings. The molecule has 2 aromatic rings. The van der Waals surface area contributed by atoms with Gasteiger partial charge in [-0.25, -0.2) is 0 Å². The molecule has 1 atom stereocenters. The molecule has 0 bridgehead atoms. The van der Waals surface area contributed by atoms with Crippen molar-refractivity contribution < 1.29 is 0 Å². The number of anilines is 1. The smallest absolute Gasteiger partial charge is 0.0430 e. The van der Waals surface area contributed by atoms with Gasteiger partial charge < -0.3 is 10.2 Å². The van der Waals surface area contributed by atoms with Gasteiger partial charge in [-0.3, -0.25) is 0 Å². The van der Waals surface area contributed by atoms with Gasteiger partial charge in [-0.05, 0) is 38.0 Å². The van der Waals surface area contributed by atoms with Crippen LogP contribution >= 0.6 is 0 Å². The maximum absolute atomic E-state index is 3.61. The zero-order chi connectivity index (χ0) is 14.8. The number of hydrogen-bond donors (Lipinski definition) is 1. The molecule has 0 aromatic heterocycles. The van der Waals surface area contributed by atoms with E-state index >= 15 is 0 Å². The number of benzene rings is 2. The van der Waals surface area contributed by atoms with Crippen LogP contribution in [0.5, 0.6) is 0 Å². The van der Waals surface area contributed by atoms with Crippen molar-refractivity contribution in [2.24, 2.45) is 0 Å². The Balaban J connectivity index is 1.91. The van der Waals surface area contributed by atoms with E-state index in [0.29, 0.717) is 6.04 Å². The molecule has 0 fully saturated rings. The molecule has 110 valence electrons. The second-order valence-electron chi connectivity index (χ2n) is 6.28. The zero-order valence-corrected chi connectivity index (χ0v) is 13.2. The molecule has 3 rings (SSSR count). The highest BCUT2D eigenvalue weighted by Gasteiger charge is 2.19. The van der Waals surface area contributed by atoms with Gasteiger partial charge in [0, 0.05) is 31.4 Å². The van der Waals surface area contributed by atoms with Crippen LogP contribution in [0, 0.1) is 13.8 Å². The van der Waals surface area contributed by atoms with Crippen LogP contribution in [0.1, 0.15) is 29.2 Å². The lowest BCUT2D eigenvalue weighted by Crippen LogP contribution is -2.35. The molecule has 2 nitrogen and oxygen atoms in total. The lowest BCUT2D eigenvalue weighted by atomic mass is 10.1. The van der Waals surface area contributed by atoms with Crippen molar-refractivity contribution in [1.29, 1.82) is 0 Å². The summed E-state index contributed by atoms with van der Waals surface area (Å²) < 4.78 is 0. The molecule has 0 saturated carbocycles. The molecular weight excluding hydrogens is 256 g/mol. The SMILES string of the molecule is Cc1ccc(CN2CC(C)NCc3cc(C)ccc32)cc1. The summed E-state index contributed by atoms with van der Waals surface area (Å²) >= 11 is 0. The summed E-state index contributed by atoms with van der Waals surface area (Å²) in [5.74, 6) is 0. The van der Waals surface area contributed by atoms with Crippen LogP contribution in [0.2, 0.25) is 0 Å². The molecule has 0 aliphatic carbocycles. The summed E-state index contributed by atoms with van der Waals surface area (Å²) in [5.41, 5.74) is 6.81. The highest BCUT2D eigenvalue weighted by atomic mass is 15.2. The van der Waals surface area contributed by atoms with Crippen LogP contribution < -0.4 is 10.2 Å². The van der Waals surface area contributed by atoms with E-state index in [-0.39, 0.29) is 0 Å². The number of rotatable bonds is 2. The quantitative estimate of drug-likeness (QED) is 0.900. The Morgan fingerprint density at radius 2 is 1.76 bits per heavy atom. The van der Waals surface area contributed by atoms with E-state index in [0.717, 1.165) is 19.6 Å². The van der Waals surface area contributed by atoms with Crippen LogP contribution in [-0.4, -0.2) is 12.6 Å². The summed E-state index contributed by atoms with van der Waals surface area (Å²) in [6.07, 6.45) is 0. The van der Waals surface area contributed by atoms with Crippen molar-refractivity contribution in [2.45, 2.75) is 39.9 Å². The van der Waals surface area contributed by atoms with E-state index < -0.39 is 0 Å². The Morgan fingerprint density at radius 3 is 2.52 bits per heavy atom. The molecule has 1 N–H and O–H groups in total. The molecule has 0 amide bonds. The molecule has 0 spiro atoms. The third-order valence-electron chi connectivity index (χ3n) is 4.20. The van der Waals surface area contributed by atoms with Crippen molar-refractivity contribution >= 4 is 5.69 Å². The first-order valence-electron chi connectivity index (χ1n) is 7.75. The molecule has 1 aliphatic heterocycles. The van der Waals surface area contributed by atoms with Gasteiger partial charge >= 0.3 is 0 Å². The number of hydrogen-bond acceptors (Lipinski definition) is 2. The fourth-order valence-electron chi connectivity index (χ4n) is 3.01. The molecule has 2 aromatic carbocycles. The van der Waals surface area contributed by atoms with Crippen LogP contribution in [0.25, 0.3) is 0 Å². The van der Waals surface area contributed by atoms with Crippen molar-refractivity contribution in [3.05, 3.63) is 64.7 Å². The van der Waals surface area contributed by atoms with Gasteiger partial charge in [-0.2, -0.15) is 0 Å². The molecule has 1 heterocycles. The summed E-state index contributed by atoms with van der Waals surface area (Å²) in [4.78, 5) is 2.50. The molecule has 21 heavy (non-hydrogen) atoms. The normalized spacial score (nSPS) is 18.2. The third kappa shape index (κ3) is 3.27. The summed E-state index contributed by atoms with van der Waals surface area (Å²) in [6, 6.07) is 16.2. The standard InChI is InChI=1S/C19H24N2/c1-14-4-7-17(8-5-14)13-21-12-16(3)20-11-18-10-15(2)6-9-19(18)21/h4-10,16,20H,11-13H2,1-3H3.